The van der Waals surface area contributed by atoms with Crippen LogP contribution in [0.3, 0.4) is 0 Å². The summed E-state index contributed by atoms with van der Waals surface area (Å²) in [5, 5.41) is 11.3. The van der Waals surface area contributed by atoms with Gasteiger partial charge < -0.3 is 5.32 Å². The van der Waals surface area contributed by atoms with Gasteiger partial charge in [0, 0.05) is 21.5 Å². The Morgan fingerprint density at radius 3 is 2.57 bits per heavy atom. The molecule has 0 radical (unpaired) electrons. The van der Waals surface area contributed by atoms with Gasteiger partial charge in [0.2, 0.25) is 0 Å². The number of aryl methyl sites for hydroxylation is 2. The standard InChI is InChI=1S/C16H18N4S/c1-11-7-16(13(3)21-11)12(2)19-14-5-4-6-15(8-14)20-9-17-18-10-20/h4-10,12,19H,1-3H3. The molecule has 3 aromatic rings. The van der Waals surface area contributed by atoms with E-state index in [1.165, 1.54) is 15.3 Å². The lowest BCUT2D eigenvalue weighted by atomic mass is 10.1. The molecule has 108 valence electrons. The lowest BCUT2D eigenvalue weighted by molar-refractivity contribution is 0.881. The highest BCUT2D eigenvalue weighted by molar-refractivity contribution is 7.12. The first-order valence-electron chi connectivity index (χ1n) is 6.92. The molecule has 0 saturated carbocycles. The van der Waals surface area contributed by atoms with E-state index in [1.54, 1.807) is 12.7 Å². The molecule has 1 aromatic carbocycles. The van der Waals surface area contributed by atoms with Gasteiger partial charge >= 0.3 is 0 Å². The third kappa shape index (κ3) is 2.97. The Labute approximate surface area is 128 Å². The van der Waals surface area contributed by atoms with Crippen LogP contribution in [0.4, 0.5) is 5.69 Å². The molecule has 4 nitrogen and oxygen atoms in total. The van der Waals surface area contributed by atoms with E-state index in [-0.39, 0.29) is 6.04 Å². The van der Waals surface area contributed by atoms with Gasteiger partial charge in [-0.3, -0.25) is 4.57 Å². The van der Waals surface area contributed by atoms with E-state index in [1.807, 2.05) is 28.0 Å². The number of rotatable bonds is 4. The highest BCUT2D eigenvalue weighted by atomic mass is 32.1. The molecule has 0 saturated heterocycles. The van der Waals surface area contributed by atoms with Crippen LogP contribution in [-0.4, -0.2) is 14.8 Å². The van der Waals surface area contributed by atoms with E-state index in [4.69, 9.17) is 0 Å². The second kappa shape index (κ2) is 5.69. The monoisotopic (exact) mass is 298 g/mol. The number of hydrogen-bond donors (Lipinski definition) is 1. The van der Waals surface area contributed by atoms with Crippen molar-refractivity contribution in [2.24, 2.45) is 0 Å². The Morgan fingerprint density at radius 2 is 1.90 bits per heavy atom. The van der Waals surface area contributed by atoms with Crippen LogP contribution in [0.15, 0.2) is 43.0 Å². The van der Waals surface area contributed by atoms with Gasteiger partial charge in [-0.25, -0.2) is 0 Å². The van der Waals surface area contributed by atoms with Crippen LogP contribution >= 0.6 is 11.3 Å². The molecule has 0 aliphatic carbocycles. The van der Waals surface area contributed by atoms with Crippen molar-refractivity contribution in [2.75, 3.05) is 5.32 Å². The van der Waals surface area contributed by atoms with Crippen molar-refractivity contribution in [1.29, 1.82) is 0 Å². The van der Waals surface area contributed by atoms with Crippen LogP contribution in [0.5, 0.6) is 0 Å². The maximum Gasteiger partial charge on any atom is 0.123 e. The molecular formula is C16H18N4S. The molecule has 0 fully saturated rings. The number of nitrogens with zero attached hydrogens (tertiary/aromatic N) is 3. The van der Waals surface area contributed by atoms with Crippen molar-refractivity contribution in [3.63, 3.8) is 0 Å². The summed E-state index contributed by atoms with van der Waals surface area (Å²) in [4.78, 5) is 2.73. The minimum absolute atomic E-state index is 0.283. The molecule has 2 aromatic heterocycles. The maximum absolute atomic E-state index is 3.85. The van der Waals surface area contributed by atoms with Crippen LogP contribution < -0.4 is 5.32 Å². The average molecular weight is 298 g/mol. The smallest absolute Gasteiger partial charge is 0.123 e. The van der Waals surface area contributed by atoms with Crippen molar-refractivity contribution in [3.05, 3.63) is 58.3 Å². The number of thiophene rings is 1. The topological polar surface area (TPSA) is 42.7 Å². The van der Waals surface area contributed by atoms with Crippen LogP contribution in [0.2, 0.25) is 0 Å². The van der Waals surface area contributed by atoms with Gasteiger partial charge in [-0.05, 0) is 50.6 Å². The Balaban J connectivity index is 1.82. The van der Waals surface area contributed by atoms with E-state index in [0.29, 0.717) is 0 Å². The Kier molecular flexibility index (Phi) is 3.75. The molecule has 0 aliphatic rings. The summed E-state index contributed by atoms with van der Waals surface area (Å²) in [5.74, 6) is 0. The first-order chi connectivity index (χ1) is 10.1. The maximum atomic E-state index is 3.85. The number of benzene rings is 1. The van der Waals surface area contributed by atoms with Gasteiger partial charge in [0.05, 0.1) is 5.69 Å². The summed E-state index contributed by atoms with van der Waals surface area (Å²) >= 11 is 1.85. The Morgan fingerprint density at radius 1 is 1.14 bits per heavy atom. The van der Waals surface area contributed by atoms with Crippen LogP contribution in [0, 0.1) is 13.8 Å². The molecule has 1 N–H and O–H groups in total. The predicted octanol–water partition coefficient (Wildman–Crippen LogP) is 4.12. The van der Waals surface area contributed by atoms with Gasteiger partial charge in [0.25, 0.3) is 0 Å². The van der Waals surface area contributed by atoms with Crippen molar-refractivity contribution in [1.82, 2.24) is 14.8 Å². The van der Waals surface area contributed by atoms with Gasteiger partial charge in [0.15, 0.2) is 0 Å². The molecule has 21 heavy (non-hydrogen) atoms. The van der Waals surface area contributed by atoms with Gasteiger partial charge in [-0.1, -0.05) is 6.07 Å². The predicted molar refractivity (Wildman–Crippen MR) is 87.2 cm³/mol. The van der Waals surface area contributed by atoms with E-state index >= 15 is 0 Å². The normalized spacial score (nSPS) is 12.3. The van der Waals surface area contributed by atoms with Gasteiger partial charge in [-0.2, -0.15) is 0 Å². The van der Waals surface area contributed by atoms with E-state index in [9.17, 15) is 0 Å². The summed E-state index contributed by atoms with van der Waals surface area (Å²) in [7, 11) is 0. The summed E-state index contributed by atoms with van der Waals surface area (Å²) in [5.41, 5.74) is 3.51. The fraction of sp³-hybridized carbons (Fsp3) is 0.250. The second-order valence-corrected chi connectivity index (χ2v) is 6.61. The fourth-order valence-electron chi connectivity index (χ4n) is 2.50. The third-order valence-corrected chi connectivity index (χ3v) is 4.47. The SMILES string of the molecule is Cc1cc(C(C)Nc2cccc(-n3cnnc3)c2)c(C)s1. The van der Waals surface area contributed by atoms with Crippen LogP contribution in [0.25, 0.3) is 5.69 Å². The van der Waals surface area contributed by atoms with Crippen LogP contribution in [-0.2, 0) is 0 Å². The van der Waals surface area contributed by atoms with E-state index in [0.717, 1.165) is 11.4 Å². The number of hydrogen-bond acceptors (Lipinski definition) is 4. The highest BCUT2D eigenvalue weighted by Crippen LogP contribution is 2.29. The van der Waals surface area contributed by atoms with Crippen molar-refractivity contribution in [3.8, 4) is 5.69 Å². The first kappa shape index (κ1) is 13.8. The number of aromatic nitrogens is 3. The molecule has 5 heteroatoms. The van der Waals surface area contributed by atoms with E-state index in [2.05, 4.69) is 54.5 Å². The van der Waals surface area contributed by atoms with Crippen molar-refractivity contribution in [2.45, 2.75) is 26.8 Å². The Bertz CT molecular complexity index is 731. The Hall–Kier alpha value is -2.14. The minimum atomic E-state index is 0.283. The van der Waals surface area contributed by atoms with E-state index < -0.39 is 0 Å². The zero-order chi connectivity index (χ0) is 14.8. The van der Waals surface area contributed by atoms with Crippen molar-refractivity contribution < 1.29 is 0 Å². The summed E-state index contributed by atoms with van der Waals surface area (Å²) in [6.07, 6.45) is 3.41. The summed E-state index contributed by atoms with van der Waals surface area (Å²) < 4.78 is 1.90. The lowest BCUT2D eigenvalue weighted by Crippen LogP contribution is -2.07. The van der Waals surface area contributed by atoms with Crippen LogP contribution in [0.1, 0.15) is 28.3 Å². The molecule has 0 aliphatic heterocycles. The average Bonchev–Trinajstić information content (AvgIpc) is 3.08. The molecule has 0 amide bonds. The van der Waals surface area contributed by atoms with Gasteiger partial charge in [0.1, 0.15) is 12.7 Å². The highest BCUT2D eigenvalue weighted by Gasteiger charge is 2.11. The fourth-order valence-corrected chi connectivity index (χ4v) is 3.52. The lowest BCUT2D eigenvalue weighted by Gasteiger charge is -2.16. The second-order valence-electron chi connectivity index (χ2n) is 5.15. The molecule has 2 heterocycles. The zero-order valence-corrected chi connectivity index (χ0v) is 13.2. The van der Waals surface area contributed by atoms with Gasteiger partial charge in [-0.15, -0.1) is 21.5 Å². The molecular weight excluding hydrogens is 280 g/mol. The molecule has 1 unspecified atom stereocenters. The molecule has 3 rings (SSSR count). The van der Waals surface area contributed by atoms with Crippen molar-refractivity contribution >= 4 is 17.0 Å². The largest absolute Gasteiger partial charge is 0.378 e. The molecule has 0 spiro atoms. The summed E-state index contributed by atoms with van der Waals surface area (Å²) in [6.45, 7) is 6.53. The molecule has 0 bridgehead atoms. The number of anilines is 1. The first-order valence-corrected chi connectivity index (χ1v) is 7.73. The quantitative estimate of drug-likeness (QED) is 0.788. The minimum Gasteiger partial charge on any atom is -0.378 e. The third-order valence-electron chi connectivity index (χ3n) is 3.49. The molecule has 1 atom stereocenters. The summed E-state index contributed by atoms with van der Waals surface area (Å²) in [6, 6.07) is 10.8. The number of nitrogens with one attached hydrogen (secondary N) is 1. The zero-order valence-electron chi connectivity index (χ0n) is 12.4.